The van der Waals surface area contributed by atoms with Gasteiger partial charge in [-0.3, -0.25) is 0 Å². The molecule has 0 saturated heterocycles. The Balaban J connectivity index is 1.41. The number of halogens is 1. The van der Waals surface area contributed by atoms with E-state index < -0.39 is 0 Å². The molecular formula is C27H51BrO. The van der Waals surface area contributed by atoms with Gasteiger partial charge in [-0.25, -0.2) is 0 Å². The molecule has 2 fully saturated rings. The van der Waals surface area contributed by atoms with E-state index in [0.717, 1.165) is 10.7 Å². The van der Waals surface area contributed by atoms with Crippen LogP contribution in [0.25, 0.3) is 0 Å². The average Bonchev–Trinajstić information content (AvgIpc) is 2.74. The van der Waals surface area contributed by atoms with Gasteiger partial charge in [-0.05, 0) is 44.4 Å². The Bertz CT molecular complexity index is 366. The van der Waals surface area contributed by atoms with Crippen LogP contribution in [0.15, 0.2) is 0 Å². The summed E-state index contributed by atoms with van der Waals surface area (Å²) in [6.45, 7) is 2.30. The van der Waals surface area contributed by atoms with Gasteiger partial charge in [0.25, 0.3) is 0 Å². The first-order valence-electron chi connectivity index (χ1n) is 13.6. The van der Waals surface area contributed by atoms with E-state index in [9.17, 15) is 0 Å². The molecule has 2 saturated carbocycles. The summed E-state index contributed by atoms with van der Waals surface area (Å²) < 4.78 is 6.51. The van der Waals surface area contributed by atoms with Gasteiger partial charge in [0.05, 0.1) is 12.2 Å². The molecule has 2 aliphatic carbocycles. The zero-order valence-electron chi connectivity index (χ0n) is 19.7. The highest BCUT2D eigenvalue weighted by molar-refractivity contribution is 9.09. The molecule has 29 heavy (non-hydrogen) atoms. The van der Waals surface area contributed by atoms with Crippen molar-refractivity contribution in [1.29, 1.82) is 0 Å². The summed E-state index contributed by atoms with van der Waals surface area (Å²) in [6.07, 6.45) is 32.2. The number of alkyl halides is 1. The van der Waals surface area contributed by atoms with E-state index in [-0.39, 0.29) is 0 Å². The lowest BCUT2D eigenvalue weighted by atomic mass is 9.83. The minimum atomic E-state index is 0.555. The molecule has 0 heterocycles. The molecule has 172 valence electrons. The monoisotopic (exact) mass is 470 g/mol. The summed E-state index contributed by atoms with van der Waals surface area (Å²) in [7, 11) is 0. The second kappa shape index (κ2) is 17.0. The Morgan fingerprint density at radius 3 is 1.76 bits per heavy atom. The van der Waals surface area contributed by atoms with Crippen LogP contribution in [0, 0.1) is 5.92 Å². The van der Waals surface area contributed by atoms with Crippen molar-refractivity contribution >= 4 is 15.9 Å². The van der Waals surface area contributed by atoms with Gasteiger partial charge in [0.15, 0.2) is 0 Å². The Hall–Kier alpha value is 0.440. The molecule has 0 aromatic heterocycles. The van der Waals surface area contributed by atoms with E-state index in [4.69, 9.17) is 4.74 Å². The number of hydrogen-bond donors (Lipinski definition) is 0. The van der Waals surface area contributed by atoms with Crippen LogP contribution in [0.3, 0.4) is 0 Å². The Labute approximate surface area is 191 Å². The van der Waals surface area contributed by atoms with Crippen molar-refractivity contribution in [3.8, 4) is 0 Å². The molecule has 0 bridgehead atoms. The van der Waals surface area contributed by atoms with Crippen LogP contribution in [-0.4, -0.2) is 17.0 Å². The van der Waals surface area contributed by atoms with E-state index >= 15 is 0 Å². The molecule has 0 radical (unpaired) electrons. The van der Waals surface area contributed by atoms with Crippen LogP contribution in [0.2, 0.25) is 0 Å². The van der Waals surface area contributed by atoms with Crippen molar-refractivity contribution in [3.05, 3.63) is 0 Å². The molecule has 0 spiro atoms. The van der Waals surface area contributed by atoms with Crippen molar-refractivity contribution in [3.63, 3.8) is 0 Å². The maximum absolute atomic E-state index is 6.51. The molecule has 3 atom stereocenters. The number of rotatable bonds is 16. The highest BCUT2D eigenvalue weighted by Gasteiger charge is 2.30. The smallest absolute Gasteiger partial charge is 0.0582 e. The molecule has 1 nitrogen and oxygen atoms in total. The lowest BCUT2D eigenvalue weighted by Crippen LogP contribution is -2.33. The third-order valence-electron chi connectivity index (χ3n) is 7.46. The van der Waals surface area contributed by atoms with E-state index in [2.05, 4.69) is 22.9 Å². The lowest BCUT2D eigenvalue weighted by Gasteiger charge is -2.36. The Morgan fingerprint density at radius 1 is 0.621 bits per heavy atom. The Morgan fingerprint density at radius 2 is 1.17 bits per heavy atom. The summed E-state index contributed by atoms with van der Waals surface area (Å²) in [6, 6.07) is 0. The normalized spacial score (nSPS) is 26.1. The number of unbranched alkanes of at least 4 members (excludes halogenated alkanes) is 12. The van der Waals surface area contributed by atoms with Gasteiger partial charge in [0.1, 0.15) is 0 Å². The summed E-state index contributed by atoms with van der Waals surface area (Å²) in [5.41, 5.74) is 0. The van der Waals surface area contributed by atoms with E-state index in [1.165, 1.54) is 141 Å². The molecular weight excluding hydrogens is 420 g/mol. The van der Waals surface area contributed by atoms with Gasteiger partial charge in [-0.15, -0.1) is 0 Å². The first kappa shape index (κ1) is 25.7. The molecule has 0 aromatic rings. The second-order valence-electron chi connectivity index (χ2n) is 10.1. The summed E-state index contributed by atoms with van der Waals surface area (Å²) >= 11 is 3.99. The second-order valence-corrected chi connectivity index (χ2v) is 11.3. The zero-order chi connectivity index (χ0) is 20.6. The van der Waals surface area contributed by atoms with Gasteiger partial charge in [-0.1, -0.05) is 126 Å². The van der Waals surface area contributed by atoms with Crippen LogP contribution in [0.5, 0.6) is 0 Å². The molecule has 0 amide bonds. The van der Waals surface area contributed by atoms with Gasteiger partial charge in [0.2, 0.25) is 0 Å². The van der Waals surface area contributed by atoms with Crippen molar-refractivity contribution in [2.24, 2.45) is 5.92 Å². The van der Waals surface area contributed by atoms with Crippen molar-refractivity contribution in [2.75, 3.05) is 0 Å². The SMILES string of the molecule is CCCCCCCCCCCCCCCC1CC(OC2CCCCC2)CCC1Br. The van der Waals surface area contributed by atoms with Gasteiger partial charge in [0, 0.05) is 4.83 Å². The first-order valence-corrected chi connectivity index (χ1v) is 14.5. The third-order valence-corrected chi connectivity index (χ3v) is 8.66. The quantitative estimate of drug-likeness (QED) is 0.161. The number of ether oxygens (including phenoxy) is 1. The highest BCUT2D eigenvalue weighted by Crippen LogP contribution is 2.36. The molecule has 3 unspecified atom stereocenters. The predicted molar refractivity (Wildman–Crippen MR) is 132 cm³/mol. The largest absolute Gasteiger partial charge is 0.375 e. The zero-order valence-corrected chi connectivity index (χ0v) is 21.2. The van der Waals surface area contributed by atoms with Crippen LogP contribution in [0.4, 0.5) is 0 Å². The topological polar surface area (TPSA) is 9.23 Å². The Kier molecular flexibility index (Phi) is 15.1. The minimum absolute atomic E-state index is 0.555. The maximum atomic E-state index is 6.51. The maximum Gasteiger partial charge on any atom is 0.0582 e. The molecule has 0 aliphatic heterocycles. The first-order chi connectivity index (χ1) is 14.3. The van der Waals surface area contributed by atoms with Crippen LogP contribution >= 0.6 is 15.9 Å². The fourth-order valence-corrected chi connectivity index (χ4v) is 6.25. The van der Waals surface area contributed by atoms with Gasteiger partial charge < -0.3 is 4.74 Å². The standard InChI is InChI=1S/C27H51BrO/c1-2-3-4-5-6-7-8-9-10-11-12-13-15-18-24-23-26(21-22-27(24)28)29-25-19-16-14-17-20-25/h24-27H,2-23H2,1H3. The third kappa shape index (κ3) is 12.2. The number of hydrogen-bond acceptors (Lipinski definition) is 1. The summed E-state index contributed by atoms with van der Waals surface area (Å²) in [5, 5.41) is 0. The molecule has 2 rings (SSSR count). The molecule has 2 heteroatoms. The van der Waals surface area contributed by atoms with Crippen LogP contribution in [0.1, 0.15) is 148 Å². The van der Waals surface area contributed by atoms with Crippen LogP contribution in [-0.2, 0) is 4.74 Å². The average molecular weight is 472 g/mol. The van der Waals surface area contributed by atoms with Crippen LogP contribution < -0.4 is 0 Å². The van der Waals surface area contributed by atoms with Crippen molar-refractivity contribution in [2.45, 2.75) is 165 Å². The minimum Gasteiger partial charge on any atom is -0.375 e. The van der Waals surface area contributed by atoms with E-state index in [1.807, 2.05) is 0 Å². The molecule has 0 aromatic carbocycles. The lowest BCUT2D eigenvalue weighted by molar-refractivity contribution is -0.0537. The highest BCUT2D eigenvalue weighted by atomic mass is 79.9. The molecule has 2 aliphatic rings. The van der Waals surface area contributed by atoms with E-state index in [0.29, 0.717) is 12.2 Å². The van der Waals surface area contributed by atoms with Crippen molar-refractivity contribution in [1.82, 2.24) is 0 Å². The summed E-state index contributed by atoms with van der Waals surface area (Å²) in [5.74, 6) is 0.852. The summed E-state index contributed by atoms with van der Waals surface area (Å²) in [4.78, 5) is 0.742. The molecule has 0 N–H and O–H groups in total. The van der Waals surface area contributed by atoms with E-state index in [1.54, 1.807) is 0 Å². The van der Waals surface area contributed by atoms with Crippen molar-refractivity contribution < 1.29 is 4.74 Å². The van der Waals surface area contributed by atoms with Gasteiger partial charge >= 0.3 is 0 Å². The fourth-order valence-electron chi connectivity index (χ4n) is 5.50. The van der Waals surface area contributed by atoms with Gasteiger partial charge in [-0.2, -0.15) is 0 Å². The fraction of sp³-hybridized carbons (Fsp3) is 1.00. The predicted octanol–water partition coefficient (Wildman–Crippen LogP) is 9.75.